The number of hydrogen-bond acceptors (Lipinski definition) is 5. The molecule has 0 atom stereocenters. The van der Waals surface area contributed by atoms with Gasteiger partial charge in [-0.2, -0.15) is 0 Å². The second kappa shape index (κ2) is 8.49. The van der Waals surface area contributed by atoms with E-state index < -0.39 is 0 Å². The Hall–Kier alpha value is -3.15. The van der Waals surface area contributed by atoms with Crippen LogP contribution in [0.15, 0.2) is 51.7 Å². The van der Waals surface area contributed by atoms with Crippen LogP contribution < -0.4 is 10.7 Å². The standard InChI is InChI=1S/C21H21NO5/c1-26-19(23)9-3-2-6-12-22-21(25)14-10-11-18-16(13-14)20(24)15-7-4-5-8-17(15)27-18/h4-5,7-8,10-11,13H,2-3,6,9,12H2,1H3,(H,22,25). The molecule has 3 aromatic rings. The first kappa shape index (κ1) is 18.6. The number of fused-ring (bicyclic) bond motifs is 2. The van der Waals surface area contributed by atoms with Crippen molar-refractivity contribution >= 4 is 33.8 Å². The fraction of sp³-hybridized carbons (Fsp3) is 0.286. The maximum atomic E-state index is 12.6. The van der Waals surface area contributed by atoms with Crippen LogP contribution in [0.1, 0.15) is 36.0 Å². The molecule has 0 spiro atoms. The van der Waals surface area contributed by atoms with Crippen molar-refractivity contribution in [2.24, 2.45) is 0 Å². The van der Waals surface area contributed by atoms with Crippen LogP contribution >= 0.6 is 0 Å². The van der Waals surface area contributed by atoms with E-state index in [4.69, 9.17) is 4.42 Å². The van der Waals surface area contributed by atoms with Crippen molar-refractivity contribution in [3.8, 4) is 0 Å². The number of esters is 1. The second-order valence-electron chi connectivity index (χ2n) is 6.28. The number of carbonyl (C=O) groups is 2. The lowest BCUT2D eigenvalue weighted by molar-refractivity contribution is -0.140. The molecule has 0 radical (unpaired) electrons. The fourth-order valence-electron chi connectivity index (χ4n) is 2.92. The van der Waals surface area contributed by atoms with Crippen molar-refractivity contribution in [2.45, 2.75) is 25.7 Å². The third-order valence-electron chi connectivity index (χ3n) is 4.41. The van der Waals surface area contributed by atoms with Gasteiger partial charge >= 0.3 is 5.97 Å². The molecule has 0 bridgehead atoms. The van der Waals surface area contributed by atoms with Gasteiger partial charge < -0.3 is 14.5 Å². The van der Waals surface area contributed by atoms with Gasteiger partial charge in [-0.1, -0.05) is 18.6 Å². The second-order valence-corrected chi connectivity index (χ2v) is 6.28. The first-order valence-corrected chi connectivity index (χ1v) is 8.91. The minimum atomic E-state index is -0.238. The molecule has 3 rings (SSSR count). The van der Waals surface area contributed by atoms with E-state index in [-0.39, 0.29) is 17.3 Å². The van der Waals surface area contributed by atoms with Gasteiger partial charge in [0.15, 0.2) is 0 Å². The van der Waals surface area contributed by atoms with Crippen LogP contribution in [-0.2, 0) is 9.53 Å². The number of para-hydroxylation sites is 1. The van der Waals surface area contributed by atoms with Crippen molar-refractivity contribution < 1.29 is 18.7 Å². The van der Waals surface area contributed by atoms with Crippen LogP contribution in [0, 0.1) is 0 Å². The Kier molecular flexibility index (Phi) is 5.86. The molecule has 0 aliphatic carbocycles. The van der Waals surface area contributed by atoms with Gasteiger partial charge in [0.25, 0.3) is 5.91 Å². The predicted octanol–water partition coefficient (Wildman–Crippen LogP) is 3.41. The van der Waals surface area contributed by atoms with Crippen LogP contribution in [0.2, 0.25) is 0 Å². The van der Waals surface area contributed by atoms with Crippen LogP contribution in [0.3, 0.4) is 0 Å². The van der Waals surface area contributed by atoms with Gasteiger partial charge in [-0.3, -0.25) is 14.4 Å². The Morgan fingerprint density at radius 2 is 1.78 bits per heavy atom. The van der Waals surface area contributed by atoms with Gasteiger partial charge in [-0.15, -0.1) is 0 Å². The molecule has 1 N–H and O–H groups in total. The van der Waals surface area contributed by atoms with Gasteiger partial charge in [0.2, 0.25) is 5.43 Å². The number of unbranched alkanes of at least 4 members (excludes halogenated alkanes) is 2. The molecular weight excluding hydrogens is 346 g/mol. The number of methoxy groups -OCH3 is 1. The highest BCUT2D eigenvalue weighted by molar-refractivity contribution is 5.99. The number of benzene rings is 2. The lowest BCUT2D eigenvalue weighted by atomic mass is 10.1. The summed E-state index contributed by atoms with van der Waals surface area (Å²) >= 11 is 0. The molecule has 0 saturated carbocycles. The number of rotatable bonds is 7. The summed E-state index contributed by atoms with van der Waals surface area (Å²) in [6.07, 6.45) is 2.71. The molecule has 1 heterocycles. The average molecular weight is 367 g/mol. The van der Waals surface area contributed by atoms with Crippen LogP contribution in [0.5, 0.6) is 0 Å². The summed E-state index contributed by atoms with van der Waals surface area (Å²) in [6, 6.07) is 11.9. The molecule has 0 aliphatic rings. The zero-order chi connectivity index (χ0) is 19.2. The van der Waals surface area contributed by atoms with Gasteiger partial charge in [0.1, 0.15) is 11.2 Å². The molecule has 0 aliphatic heterocycles. The summed E-state index contributed by atoms with van der Waals surface area (Å²) in [5.41, 5.74) is 1.25. The van der Waals surface area contributed by atoms with Gasteiger partial charge in [-0.25, -0.2) is 0 Å². The summed E-state index contributed by atoms with van der Waals surface area (Å²) in [4.78, 5) is 36.0. The van der Waals surface area contributed by atoms with E-state index in [2.05, 4.69) is 10.1 Å². The van der Waals surface area contributed by atoms with E-state index in [9.17, 15) is 14.4 Å². The minimum absolute atomic E-state index is 0.149. The Bertz CT molecular complexity index is 1040. The molecule has 1 aromatic heterocycles. The van der Waals surface area contributed by atoms with Crippen molar-refractivity contribution in [1.29, 1.82) is 0 Å². The van der Waals surface area contributed by atoms with Gasteiger partial charge in [-0.05, 0) is 43.2 Å². The van der Waals surface area contributed by atoms with Crippen LogP contribution in [0.25, 0.3) is 21.9 Å². The number of ether oxygens (including phenoxy) is 1. The molecule has 0 saturated heterocycles. The normalized spacial score (nSPS) is 10.9. The first-order valence-electron chi connectivity index (χ1n) is 8.91. The number of hydrogen-bond donors (Lipinski definition) is 1. The number of nitrogens with one attached hydrogen (secondary N) is 1. The number of amides is 1. The highest BCUT2D eigenvalue weighted by atomic mass is 16.5. The molecule has 2 aromatic carbocycles. The molecule has 1 amide bonds. The zero-order valence-corrected chi connectivity index (χ0v) is 15.1. The zero-order valence-electron chi connectivity index (χ0n) is 15.1. The lowest BCUT2D eigenvalue weighted by Crippen LogP contribution is -2.24. The smallest absolute Gasteiger partial charge is 0.305 e. The van der Waals surface area contributed by atoms with E-state index >= 15 is 0 Å². The highest BCUT2D eigenvalue weighted by Gasteiger charge is 2.11. The largest absolute Gasteiger partial charge is 0.469 e. The third-order valence-corrected chi connectivity index (χ3v) is 4.41. The Balaban J connectivity index is 1.65. The molecule has 0 unspecified atom stereocenters. The molecule has 140 valence electrons. The fourth-order valence-corrected chi connectivity index (χ4v) is 2.92. The van der Waals surface area contributed by atoms with Gasteiger partial charge in [0.05, 0.1) is 17.9 Å². The summed E-state index contributed by atoms with van der Waals surface area (Å²) in [5, 5.41) is 3.72. The Labute approximate surface area is 156 Å². The van der Waals surface area contributed by atoms with Crippen molar-refractivity contribution in [1.82, 2.24) is 5.32 Å². The van der Waals surface area contributed by atoms with E-state index in [1.807, 2.05) is 6.07 Å². The molecule has 6 nitrogen and oxygen atoms in total. The van der Waals surface area contributed by atoms with Gasteiger partial charge in [0, 0.05) is 18.5 Å². The topological polar surface area (TPSA) is 85.6 Å². The van der Waals surface area contributed by atoms with Crippen molar-refractivity contribution in [3.63, 3.8) is 0 Å². The average Bonchev–Trinajstić information content (AvgIpc) is 2.70. The lowest BCUT2D eigenvalue weighted by Gasteiger charge is -2.07. The third kappa shape index (κ3) is 4.34. The highest BCUT2D eigenvalue weighted by Crippen LogP contribution is 2.19. The summed E-state index contributed by atoms with van der Waals surface area (Å²) in [5.74, 6) is -0.459. The maximum Gasteiger partial charge on any atom is 0.305 e. The summed E-state index contributed by atoms with van der Waals surface area (Å²) in [7, 11) is 1.37. The summed E-state index contributed by atoms with van der Waals surface area (Å²) < 4.78 is 10.3. The SMILES string of the molecule is COC(=O)CCCCCNC(=O)c1ccc2oc3ccccc3c(=O)c2c1. The summed E-state index contributed by atoms with van der Waals surface area (Å²) in [6.45, 7) is 0.504. The monoisotopic (exact) mass is 367 g/mol. The van der Waals surface area contributed by atoms with Crippen molar-refractivity contribution in [2.75, 3.05) is 13.7 Å². The van der Waals surface area contributed by atoms with E-state index in [1.165, 1.54) is 7.11 Å². The predicted molar refractivity (Wildman–Crippen MR) is 103 cm³/mol. The molecule has 0 fully saturated rings. The number of carbonyl (C=O) groups excluding carboxylic acids is 2. The molecule has 6 heteroatoms. The van der Waals surface area contributed by atoms with Crippen LogP contribution in [-0.4, -0.2) is 25.5 Å². The quantitative estimate of drug-likeness (QED) is 0.393. The Morgan fingerprint density at radius 1 is 1.00 bits per heavy atom. The Morgan fingerprint density at radius 3 is 2.59 bits per heavy atom. The molecule has 27 heavy (non-hydrogen) atoms. The van der Waals surface area contributed by atoms with Crippen LogP contribution in [0.4, 0.5) is 0 Å². The van der Waals surface area contributed by atoms with E-state index in [0.717, 1.165) is 19.3 Å². The van der Waals surface area contributed by atoms with Crippen molar-refractivity contribution in [3.05, 3.63) is 58.3 Å². The van der Waals surface area contributed by atoms with E-state index in [1.54, 1.807) is 36.4 Å². The minimum Gasteiger partial charge on any atom is -0.469 e. The van der Waals surface area contributed by atoms with E-state index in [0.29, 0.717) is 40.5 Å². The molecular formula is C21H21NO5. The first-order chi connectivity index (χ1) is 13.1. The maximum absolute atomic E-state index is 12.6.